The molecule has 0 saturated heterocycles. The van der Waals surface area contributed by atoms with Gasteiger partial charge in [-0.15, -0.1) is 0 Å². The number of amides is 1. The Morgan fingerprint density at radius 2 is 2.05 bits per heavy atom. The summed E-state index contributed by atoms with van der Waals surface area (Å²) in [5.74, 6) is -2.12. The van der Waals surface area contributed by atoms with Crippen molar-refractivity contribution >= 4 is 27.8 Å². The topological polar surface area (TPSA) is 66.4 Å². The Kier molecular flexibility index (Phi) is 5.05. The standard InChI is InChI=1S/C13H15BrFNO3/c1-13(2,12(18)19)6-7-16-11(17)10-8(14)4-3-5-9(10)15/h3-5H,6-7H2,1-2H3,(H,16,17)(H,18,19). The maximum Gasteiger partial charge on any atom is 0.309 e. The normalized spacial score (nSPS) is 11.2. The molecular formula is C13H15BrFNO3. The van der Waals surface area contributed by atoms with E-state index >= 15 is 0 Å². The van der Waals surface area contributed by atoms with E-state index in [0.717, 1.165) is 0 Å². The van der Waals surface area contributed by atoms with Gasteiger partial charge in [-0.1, -0.05) is 6.07 Å². The summed E-state index contributed by atoms with van der Waals surface area (Å²) in [4.78, 5) is 22.7. The van der Waals surface area contributed by atoms with Crippen LogP contribution in [0.1, 0.15) is 30.6 Å². The van der Waals surface area contributed by atoms with Gasteiger partial charge in [-0.2, -0.15) is 0 Å². The Labute approximate surface area is 119 Å². The fourth-order valence-corrected chi connectivity index (χ4v) is 1.92. The maximum atomic E-state index is 13.5. The van der Waals surface area contributed by atoms with Crippen LogP contribution in [0.5, 0.6) is 0 Å². The second-order valence-electron chi connectivity index (χ2n) is 4.79. The molecule has 0 spiro atoms. The summed E-state index contributed by atoms with van der Waals surface area (Å²) in [7, 11) is 0. The van der Waals surface area contributed by atoms with Crippen LogP contribution in [0.4, 0.5) is 4.39 Å². The smallest absolute Gasteiger partial charge is 0.309 e. The molecule has 0 atom stereocenters. The van der Waals surface area contributed by atoms with Crippen LogP contribution < -0.4 is 5.32 Å². The molecule has 1 amide bonds. The molecule has 0 radical (unpaired) electrons. The average molecular weight is 332 g/mol. The van der Waals surface area contributed by atoms with Crippen LogP contribution in [0, 0.1) is 11.2 Å². The van der Waals surface area contributed by atoms with E-state index < -0.39 is 23.1 Å². The monoisotopic (exact) mass is 331 g/mol. The molecule has 0 unspecified atom stereocenters. The third-order valence-corrected chi connectivity index (χ3v) is 3.47. The van der Waals surface area contributed by atoms with E-state index in [1.165, 1.54) is 12.1 Å². The van der Waals surface area contributed by atoms with Crippen molar-refractivity contribution in [2.75, 3.05) is 6.54 Å². The molecule has 104 valence electrons. The minimum Gasteiger partial charge on any atom is -0.481 e. The van der Waals surface area contributed by atoms with Crippen molar-refractivity contribution in [2.24, 2.45) is 5.41 Å². The average Bonchev–Trinajstić information content (AvgIpc) is 2.28. The Bertz CT molecular complexity index is 482. The lowest BCUT2D eigenvalue weighted by atomic mass is 9.90. The Balaban J connectivity index is 2.65. The summed E-state index contributed by atoms with van der Waals surface area (Å²) in [6, 6.07) is 4.25. The SMILES string of the molecule is CC(C)(CCNC(=O)c1c(F)cccc1Br)C(=O)O. The first-order valence-electron chi connectivity index (χ1n) is 5.71. The first-order valence-corrected chi connectivity index (χ1v) is 6.50. The first kappa shape index (κ1) is 15.6. The molecule has 1 rings (SSSR count). The predicted octanol–water partition coefficient (Wildman–Crippen LogP) is 2.82. The number of benzene rings is 1. The van der Waals surface area contributed by atoms with Crippen molar-refractivity contribution in [3.8, 4) is 0 Å². The molecule has 0 bridgehead atoms. The molecule has 1 aromatic carbocycles. The molecular weight excluding hydrogens is 317 g/mol. The van der Waals surface area contributed by atoms with Crippen LogP contribution in [-0.4, -0.2) is 23.5 Å². The highest BCUT2D eigenvalue weighted by Crippen LogP contribution is 2.21. The van der Waals surface area contributed by atoms with Gasteiger partial charge in [0.2, 0.25) is 0 Å². The van der Waals surface area contributed by atoms with E-state index in [1.54, 1.807) is 19.9 Å². The van der Waals surface area contributed by atoms with Crippen molar-refractivity contribution in [1.82, 2.24) is 5.32 Å². The van der Waals surface area contributed by atoms with Crippen LogP contribution in [0.2, 0.25) is 0 Å². The molecule has 19 heavy (non-hydrogen) atoms. The van der Waals surface area contributed by atoms with Gasteiger partial charge in [0.25, 0.3) is 5.91 Å². The zero-order chi connectivity index (χ0) is 14.6. The summed E-state index contributed by atoms with van der Waals surface area (Å²) in [5, 5.41) is 11.5. The van der Waals surface area contributed by atoms with Crippen LogP contribution >= 0.6 is 15.9 Å². The predicted molar refractivity (Wildman–Crippen MR) is 72.5 cm³/mol. The molecule has 6 heteroatoms. The van der Waals surface area contributed by atoms with E-state index in [4.69, 9.17) is 5.11 Å². The minimum absolute atomic E-state index is 0.0735. The maximum absolute atomic E-state index is 13.5. The molecule has 0 aliphatic carbocycles. The number of rotatable bonds is 5. The van der Waals surface area contributed by atoms with Crippen molar-refractivity contribution in [3.05, 3.63) is 34.1 Å². The van der Waals surface area contributed by atoms with Gasteiger partial charge in [-0.25, -0.2) is 4.39 Å². The lowest BCUT2D eigenvalue weighted by Crippen LogP contribution is -2.32. The van der Waals surface area contributed by atoms with E-state index in [2.05, 4.69) is 21.2 Å². The van der Waals surface area contributed by atoms with E-state index in [9.17, 15) is 14.0 Å². The zero-order valence-electron chi connectivity index (χ0n) is 10.7. The summed E-state index contributed by atoms with van der Waals surface area (Å²) < 4.78 is 13.9. The summed E-state index contributed by atoms with van der Waals surface area (Å²) in [5.41, 5.74) is -1.00. The lowest BCUT2D eigenvalue weighted by molar-refractivity contribution is -0.147. The van der Waals surface area contributed by atoms with E-state index in [1.807, 2.05) is 0 Å². The van der Waals surface area contributed by atoms with Gasteiger partial charge < -0.3 is 10.4 Å². The Morgan fingerprint density at radius 1 is 1.42 bits per heavy atom. The number of halogens is 2. The zero-order valence-corrected chi connectivity index (χ0v) is 12.3. The molecule has 0 aromatic heterocycles. The number of aliphatic carboxylic acids is 1. The van der Waals surface area contributed by atoms with Gasteiger partial charge in [0, 0.05) is 11.0 Å². The Hall–Kier alpha value is -1.43. The largest absolute Gasteiger partial charge is 0.481 e. The number of nitrogens with one attached hydrogen (secondary N) is 1. The highest BCUT2D eigenvalue weighted by molar-refractivity contribution is 9.10. The van der Waals surface area contributed by atoms with Crippen molar-refractivity contribution < 1.29 is 19.1 Å². The number of carbonyl (C=O) groups excluding carboxylic acids is 1. The molecule has 1 aromatic rings. The number of carbonyl (C=O) groups is 2. The number of hydrogen-bond acceptors (Lipinski definition) is 2. The van der Waals surface area contributed by atoms with Crippen LogP contribution in [0.15, 0.2) is 22.7 Å². The number of hydrogen-bond donors (Lipinski definition) is 2. The highest BCUT2D eigenvalue weighted by Gasteiger charge is 2.27. The molecule has 0 saturated carbocycles. The van der Waals surface area contributed by atoms with Crippen LogP contribution in [-0.2, 0) is 4.79 Å². The molecule has 0 aliphatic rings. The van der Waals surface area contributed by atoms with Crippen molar-refractivity contribution in [1.29, 1.82) is 0 Å². The lowest BCUT2D eigenvalue weighted by Gasteiger charge is -2.19. The second kappa shape index (κ2) is 6.14. The fourth-order valence-electron chi connectivity index (χ4n) is 1.40. The first-order chi connectivity index (χ1) is 8.75. The fraction of sp³-hybridized carbons (Fsp3) is 0.385. The minimum atomic E-state index is -0.936. The summed E-state index contributed by atoms with van der Waals surface area (Å²) in [6.07, 6.45) is 0.264. The van der Waals surface area contributed by atoms with Gasteiger partial charge >= 0.3 is 5.97 Å². The number of carboxylic acids is 1. The quantitative estimate of drug-likeness (QED) is 0.871. The van der Waals surface area contributed by atoms with Gasteiger partial charge in [0.15, 0.2) is 0 Å². The molecule has 4 nitrogen and oxygen atoms in total. The van der Waals surface area contributed by atoms with Gasteiger partial charge in [0.1, 0.15) is 5.82 Å². The molecule has 0 fully saturated rings. The van der Waals surface area contributed by atoms with Gasteiger partial charge in [-0.3, -0.25) is 9.59 Å². The molecule has 2 N–H and O–H groups in total. The van der Waals surface area contributed by atoms with Gasteiger partial charge in [-0.05, 0) is 48.3 Å². The third-order valence-electron chi connectivity index (χ3n) is 2.80. The highest BCUT2D eigenvalue weighted by atomic mass is 79.9. The van der Waals surface area contributed by atoms with Crippen LogP contribution in [0.25, 0.3) is 0 Å². The number of carboxylic acid groups (broad SMARTS) is 1. The molecule has 0 aliphatic heterocycles. The summed E-state index contributed by atoms with van der Waals surface area (Å²) >= 11 is 3.11. The van der Waals surface area contributed by atoms with Crippen LogP contribution in [0.3, 0.4) is 0 Å². The third kappa shape index (κ3) is 4.02. The second-order valence-corrected chi connectivity index (χ2v) is 5.65. The Morgan fingerprint density at radius 3 is 2.58 bits per heavy atom. The van der Waals surface area contributed by atoms with Crippen molar-refractivity contribution in [2.45, 2.75) is 20.3 Å². The van der Waals surface area contributed by atoms with E-state index in [-0.39, 0.29) is 18.5 Å². The van der Waals surface area contributed by atoms with E-state index in [0.29, 0.717) is 4.47 Å². The van der Waals surface area contributed by atoms with Gasteiger partial charge in [0.05, 0.1) is 11.0 Å². The van der Waals surface area contributed by atoms with Crippen molar-refractivity contribution in [3.63, 3.8) is 0 Å². The molecule has 0 heterocycles. The summed E-state index contributed by atoms with van der Waals surface area (Å²) in [6.45, 7) is 3.31.